The Balaban J connectivity index is 0.990. The van der Waals surface area contributed by atoms with Crippen molar-refractivity contribution in [2.45, 2.75) is 19.3 Å². The van der Waals surface area contributed by atoms with Crippen molar-refractivity contribution in [2.24, 2.45) is 0 Å². The number of nitrogens with zero attached hydrogens (tertiary/aromatic N) is 3. The van der Waals surface area contributed by atoms with E-state index in [1.165, 1.54) is 88.1 Å². The molecular formula is C58H39N3. The number of pyridine rings is 1. The van der Waals surface area contributed by atoms with Gasteiger partial charge in [-0.25, -0.2) is 4.98 Å². The summed E-state index contributed by atoms with van der Waals surface area (Å²) < 4.78 is 4.81. The van der Waals surface area contributed by atoms with Gasteiger partial charge in [-0.1, -0.05) is 135 Å². The van der Waals surface area contributed by atoms with Gasteiger partial charge in [0.25, 0.3) is 0 Å². The van der Waals surface area contributed by atoms with Gasteiger partial charge >= 0.3 is 0 Å². The van der Waals surface area contributed by atoms with Crippen molar-refractivity contribution in [3.8, 4) is 44.9 Å². The van der Waals surface area contributed by atoms with Crippen LogP contribution in [-0.2, 0) is 5.41 Å². The van der Waals surface area contributed by atoms with Crippen LogP contribution in [0.25, 0.3) is 110 Å². The van der Waals surface area contributed by atoms with E-state index >= 15 is 0 Å². The lowest BCUT2D eigenvalue weighted by Crippen LogP contribution is -2.14. The summed E-state index contributed by atoms with van der Waals surface area (Å²) in [6.45, 7) is 4.72. The van der Waals surface area contributed by atoms with Crippen LogP contribution in [0.1, 0.15) is 25.0 Å². The van der Waals surface area contributed by atoms with E-state index in [1.807, 2.05) is 0 Å². The van der Waals surface area contributed by atoms with Crippen LogP contribution < -0.4 is 0 Å². The van der Waals surface area contributed by atoms with E-state index in [2.05, 4.69) is 223 Å². The second-order valence-electron chi connectivity index (χ2n) is 17.1. The van der Waals surface area contributed by atoms with E-state index in [0.29, 0.717) is 0 Å². The fourth-order valence-electron chi connectivity index (χ4n) is 10.6. The first-order chi connectivity index (χ1) is 30.0. The molecule has 0 saturated heterocycles. The molecule has 0 fully saturated rings. The lowest BCUT2D eigenvalue weighted by molar-refractivity contribution is 0.661. The zero-order valence-electron chi connectivity index (χ0n) is 33.9. The third kappa shape index (κ3) is 4.89. The van der Waals surface area contributed by atoms with Crippen LogP contribution in [0.5, 0.6) is 0 Å². The minimum absolute atomic E-state index is 0.0907. The Morgan fingerprint density at radius 2 is 0.869 bits per heavy atom. The topological polar surface area (TPSA) is 22.8 Å². The molecule has 3 heterocycles. The fourth-order valence-corrected chi connectivity index (χ4v) is 10.6. The molecule has 1 aliphatic carbocycles. The maximum Gasteiger partial charge on any atom is 0.0788 e. The molecule has 3 aromatic heterocycles. The van der Waals surface area contributed by atoms with Gasteiger partial charge in [-0.15, -0.1) is 0 Å². The molecule has 0 saturated carbocycles. The van der Waals surface area contributed by atoms with E-state index in [9.17, 15) is 0 Å². The number of rotatable bonds is 4. The molecule has 0 radical (unpaired) electrons. The molecule has 3 nitrogen and oxygen atoms in total. The van der Waals surface area contributed by atoms with Gasteiger partial charge < -0.3 is 9.13 Å². The summed E-state index contributed by atoms with van der Waals surface area (Å²) in [4.78, 5) is 5.48. The summed E-state index contributed by atoms with van der Waals surface area (Å²) in [7, 11) is 0. The van der Waals surface area contributed by atoms with Gasteiger partial charge in [0.1, 0.15) is 0 Å². The third-order valence-electron chi connectivity index (χ3n) is 13.5. The predicted molar refractivity (Wildman–Crippen MR) is 256 cm³/mol. The fraction of sp³-hybridized carbons (Fsp3) is 0.0517. The van der Waals surface area contributed by atoms with Crippen LogP contribution in [0.4, 0.5) is 0 Å². The van der Waals surface area contributed by atoms with E-state index in [4.69, 9.17) is 4.98 Å². The second kappa shape index (κ2) is 12.6. The summed E-state index contributed by atoms with van der Waals surface area (Å²) in [5.74, 6) is 0. The molecule has 9 aromatic carbocycles. The summed E-state index contributed by atoms with van der Waals surface area (Å²) in [5, 5.41) is 8.49. The number of fused-ring (bicyclic) bond motifs is 12. The first-order valence-corrected chi connectivity index (χ1v) is 21.2. The average Bonchev–Trinajstić information content (AvgIpc) is 3.90. The summed E-state index contributed by atoms with van der Waals surface area (Å²) >= 11 is 0. The van der Waals surface area contributed by atoms with Crippen molar-refractivity contribution >= 4 is 65.3 Å². The van der Waals surface area contributed by atoms with E-state index in [1.54, 1.807) is 0 Å². The van der Waals surface area contributed by atoms with Crippen molar-refractivity contribution in [1.29, 1.82) is 0 Å². The highest BCUT2D eigenvalue weighted by Crippen LogP contribution is 2.51. The molecule has 0 amide bonds. The zero-order chi connectivity index (χ0) is 40.4. The Hall–Kier alpha value is -7.75. The number of benzene rings is 9. The largest absolute Gasteiger partial charge is 0.309 e. The third-order valence-corrected chi connectivity index (χ3v) is 13.5. The SMILES string of the molecule is CC1(C)c2ccccc2-c2cc3c4cc(-c5nc6ccc(-c7ccc8c(c7)c7ccccc7n8-c7ccccc7)cc6c6ccccc56)ccc4n(-c4ccccc4)c3cc21. The standard InChI is InChI=1S/C58H39N3/c1-58(2)50-23-13-11-20-42(50)45-34-49-48-33-38(27-30-55(48)61(56(49)35-51(45)58)40-17-7-4-8-18-40)57-44-22-10-9-19-41(44)46-31-36(25-28-52(46)59-57)37-26-29-54-47(32-37)43-21-12-14-24-53(43)60(54)39-15-5-3-6-16-39/h3-35H,1-2H3. The molecular weight excluding hydrogens is 739 g/mol. The second-order valence-corrected chi connectivity index (χ2v) is 17.1. The predicted octanol–water partition coefficient (Wildman–Crippen LogP) is 15.2. The minimum atomic E-state index is -0.0907. The number of aromatic nitrogens is 3. The lowest BCUT2D eigenvalue weighted by atomic mass is 9.82. The highest BCUT2D eigenvalue weighted by Gasteiger charge is 2.36. The van der Waals surface area contributed by atoms with Gasteiger partial charge in [0.2, 0.25) is 0 Å². The number of hydrogen-bond acceptors (Lipinski definition) is 1. The summed E-state index contributed by atoms with van der Waals surface area (Å²) in [6.07, 6.45) is 0. The number of para-hydroxylation sites is 3. The number of hydrogen-bond donors (Lipinski definition) is 0. The Morgan fingerprint density at radius 3 is 1.62 bits per heavy atom. The molecule has 61 heavy (non-hydrogen) atoms. The Kier molecular flexibility index (Phi) is 7.07. The van der Waals surface area contributed by atoms with Crippen LogP contribution in [-0.4, -0.2) is 14.1 Å². The van der Waals surface area contributed by atoms with Crippen LogP contribution in [0.2, 0.25) is 0 Å². The first kappa shape index (κ1) is 34.1. The normalized spacial score (nSPS) is 13.2. The molecule has 13 rings (SSSR count). The van der Waals surface area contributed by atoms with Crippen LogP contribution in [0.15, 0.2) is 200 Å². The van der Waals surface area contributed by atoms with E-state index in [-0.39, 0.29) is 5.41 Å². The van der Waals surface area contributed by atoms with Gasteiger partial charge in [0.15, 0.2) is 0 Å². The van der Waals surface area contributed by atoms with E-state index < -0.39 is 0 Å². The molecule has 1 aliphatic rings. The quantitative estimate of drug-likeness (QED) is 0.163. The molecule has 0 aliphatic heterocycles. The van der Waals surface area contributed by atoms with Gasteiger partial charge in [-0.05, 0) is 118 Å². The van der Waals surface area contributed by atoms with Crippen LogP contribution in [0.3, 0.4) is 0 Å². The lowest BCUT2D eigenvalue weighted by Gasteiger charge is -2.21. The molecule has 12 aromatic rings. The van der Waals surface area contributed by atoms with E-state index in [0.717, 1.165) is 33.2 Å². The first-order valence-electron chi connectivity index (χ1n) is 21.2. The van der Waals surface area contributed by atoms with Gasteiger partial charge in [-0.3, -0.25) is 0 Å². The Labute approximate surface area is 353 Å². The highest BCUT2D eigenvalue weighted by molar-refractivity contribution is 6.16. The smallest absolute Gasteiger partial charge is 0.0788 e. The van der Waals surface area contributed by atoms with Gasteiger partial charge in [0, 0.05) is 54.7 Å². The zero-order valence-corrected chi connectivity index (χ0v) is 33.9. The van der Waals surface area contributed by atoms with Crippen molar-refractivity contribution in [2.75, 3.05) is 0 Å². The molecule has 0 atom stereocenters. The monoisotopic (exact) mass is 777 g/mol. The molecule has 0 unspecified atom stereocenters. The maximum atomic E-state index is 5.48. The Bertz CT molecular complexity index is 3770. The molecule has 0 spiro atoms. The molecule has 3 heteroatoms. The minimum Gasteiger partial charge on any atom is -0.309 e. The molecule has 0 bridgehead atoms. The molecule has 286 valence electrons. The summed E-state index contributed by atoms with van der Waals surface area (Å²) in [5.41, 5.74) is 18.0. The molecule has 0 N–H and O–H groups in total. The van der Waals surface area contributed by atoms with Gasteiger partial charge in [0.05, 0.1) is 33.3 Å². The Morgan fingerprint density at radius 1 is 0.344 bits per heavy atom. The maximum absolute atomic E-state index is 5.48. The van der Waals surface area contributed by atoms with Crippen molar-refractivity contribution in [1.82, 2.24) is 14.1 Å². The summed E-state index contributed by atoms with van der Waals surface area (Å²) in [6, 6.07) is 73.4. The average molecular weight is 778 g/mol. The van der Waals surface area contributed by atoms with Crippen LogP contribution in [0, 0.1) is 0 Å². The highest BCUT2D eigenvalue weighted by atomic mass is 15.0. The van der Waals surface area contributed by atoms with Crippen molar-refractivity contribution in [3.05, 3.63) is 211 Å². The van der Waals surface area contributed by atoms with Crippen molar-refractivity contribution < 1.29 is 0 Å². The van der Waals surface area contributed by atoms with Gasteiger partial charge in [-0.2, -0.15) is 0 Å². The van der Waals surface area contributed by atoms with Crippen molar-refractivity contribution in [3.63, 3.8) is 0 Å². The van der Waals surface area contributed by atoms with Crippen LogP contribution >= 0.6 is 0 Å².